The van der Waals surface area contributed by atoms with E-state index < -0.39 is 0 Å². The normalized spacial score (nSPS) is 19.0. The van der Waals surface area contributed by atoms with Crippen LogP contribution < -0.4 is 10.1 Å². The molecule has 0 radical (unpaired) electrons. The molecule has 150 valence electrons. The molecule has 6 nitrogen and oxygen atoms in total. The Bertz CT molecular complexity index is 958. The van der Waals surface area contributed by atoms with Crippen molar-refractivity contribution in [2.75, 3.05) is 0 Å². The predicted octanol–water partition coefficient (Wildman–Crippen LogP) is 4.00. The maximum absolute atomic E-state index is 12.8. The zero-order valence-electron chi connectivity index (χ0n) is 16.8. The number of aryl methyl sites for hydroxylation is 1. The minimum Gasteiger partial charge on any atom is -0.474 e. The van der Waals surface area contributed by atoms with Crippen molar-refractivity contribution >= 4 is 5.91 Å². The minimum absolute atomic E-state index is 0.0609. The molecule has 0 spiro atoms. The van der Waals surface area contributed by atoms with Crippen LogP contribution in [0.4, 0.5) is 0 Å². The van der Waals surface area contributed by atoms with Crippen LogP contribution in [0.2, 0.25) is 0 Å². The van der Waals surface area contributed by atoms with Gasteiger partial charge in [0, 0.05) is 18.3 Å². The van der Waals surface area contributed by atoms with E-state index >= 15 is 0 Å². The molecule has 0 atom stereocenters. The van der Waals surface area contributed by atoms with Gasteiger partial charge < -0.3 is 10.1 Å². The van der Waals surface area contributed by atoms with E-state index in [0.29, 0.717) is 11.4 Å². The average Bonchev–Trinajstić information content (AvgIpc) is 3.13. The Morgan fingerprint density at radius 1 is 1.03 bits per heavy atom. The zero-order valence-corrected chi connectivity index (χ0v) is 16.8. The number of para-hydroxylation sites is 1. The van der Waals surface area contributed by atoms with Crippen molar-refractivity contribution in [2.24, 2.45) is 0 Å². The molecule has 1 saturated carbocycles. The average molecular weight is 390 g/mol. The summed E-state index contributed by atoms with van der Waals surface area (Å²) in [6.45, 7) is 3.93. The van der Waals surface area contributed by atoms with E-state index in [0.717, 1.165) is 42.6 Å². The number of carbonyl (C=O) groups is 1. The SMILES string of the molecule is Cc1ccc(OC2CCC(NC(=O)c3cnn(-c4ccccc4)c3C)CC2)nc1. The Labute approximate surface area is 170 Å². The third kappa shape index (κ3) is 4.47. The van der Waals surface area contributed by atoms with Crippen molar-refractivity contribution in [3.63, 3.8) is 0 Å². The highest BCUT2D eigenvalue weighted by Gasteiger charge is 2.25. The van der Waals surface area contributed by atoms with Gasteiger partial charge in [-0.15, -0.1) is 0 Å². The van der Waals surface area contributed by atoms with Crippen molar-refractivity contribution in [3.8, 4) is 11.6 Å². The highest BCUT2D eigenvalue weighted by atomic mass is 16.5. The molecule has 3 aromatic rings. The van der Waals surface area contributed by atoms with Gasteiger partial charge in [-0.1, -0.05) is 24.3 Å². The number of ether oxygens (including phenoxy) is 1. The highest BCUT2D eigenvalue weighted by molar-refractivity contribution is 5.95. The first kappa shape index (κ1) is 19.2. The van der Waals surface area contributed by atoms with Gasteiger partial charge in [0.2, 0.25) is 5.88 Å². The molecule has 4 rings (SSSR count). The Kier molecular flexibility index (Phi) is 5.60. The quantitative estimate of drug-likeness (QED) is 0.715. The van der Waals surface area contributed by atoms with E-state index in [1.54, 1.807) is 10.9 Å². The standard InChI is InChI=1S/C23H26N4O2/c1-16-8-13-22(24-14-16)29-20-11-9-18(10-12-20)26-23(28)21-15-25-27(17(21)2)19-6-4-3-5-7-19/h3-8,13-15,18,20H,9-12H2,1-2H3,(H,26,28). The smallest absolute Gasteiger partial charge is 0.254 e. The molecule has 1 N–H and O–H groups in total. The zero-order chi connectivity index (χ0) is 20.2. The Hall–Kier alpha value is -3.15. The van der Waals surface area contributed by atoms with Crippen LogP contribution in [0, 0.1) is 13.8 Å². The maximum Gasteiger partial charge on any atom is 0.254 e. The molecule has 0 unspecified atom stereocenters. The summed E-state index contributed by atoms with van der Waals surface area (Å²) in [7, 11) is 0. The van der Waals surface area contributed by atoms with Gasteiger partial charge in [-0.2, -0.15) is 5.10 Å². The summed E-state index contributed by atoms with van der Waals surface area (Å²) in [6.07, 6.45) is 7.23. The fourth-order valence-corrected chi connectivity index (χ4v) is 3.74. The van der Waals surface area contributed by atoms with E-state index in [1.165, 1.54) is 0 Å². The third-order valence-electron chi connectivity index (χ3n) is 5.44. The molecule has 6 heteroatoms. The van der Waals surface area contributed by atoms with Crippen LogP contribution in [0.3, 0.4) is 0 Å². The Morgan fingerprint density at radius 2 is 1.79 bits per heavy atom. The number of amides is 1. The number of hydrogen-bond acceptors (Lipinski definition) is 4. The van der Waals surface area contributed by atoms with Gasteiger partial charge in [0.15, 0.2) is 0 Å². The molecule has 2 aromatic heterocycles. The molecule has 2 heterocycles. The van der Waals surface area contributed by atoms with Crippen LogP contribution in [-0.2, 0) is 0 Å². The van der Waals surface area contributed by atoms with Crippen molar-refractivity contribution in [1.29, 1.82) is 0 Å². The lowest BCUT2D eigenvalue weighted by atomic mass is 9.92. The fraction of sp³-hybridized carbons (Fsp3) is 0.348. The van der Waals surface area contributed by atoms with Crippen LogP contribution in [0.1, 0.15) is 47.3 Å². The van der Waals surface area contributed by atoms with Gasteiger partial charge in [-0.05, 0) is 57.2 Å². The fourth-order valence-electron chi connectivity index (χ4n) is 3.74. The molecule has 29 heavy (non-hydrogen) atoms. The summed E-state index contributed by atoms with van der Waals surface area (Å²) in [5.74, 6) is 0.612. The summed E-state index contributed by atoms with van der Waals surface area (Å²) in [5, 5.41) is 7.56. The predicted molar refractivity (Wildman–Crippen MR) is 111 cm³/mol. The molecule has 1 amide bonds. The lowest BCUT2D eigenvalue weighted by Crippen LogP contribution is -2.39. The summed E-state index contributed by atoms with van der Waals surface area (Å²) in [6, 6.07) is 13.9. The number of pyridine rings is 1. The van der Waals surface area contributed by atoms with E-state index in [2.05, 4.69) is 15.4 Å². The third-order valence-corrected chi connectivity index (χ3v) is 5.44. The highest BCUT2D eigenvalue weighted by Crippen LogP contribution is 2.23. The summed E-state index contributed by atoms with van der Waals surface area (Å²) in [4.78, 5) is 17.1. The molecule has 1 aromatic carbocycles. The second-order valence-electron chi connectivity index (χ2n) is 7.63. The van der Waals surface area contributed by atoms with Crippen LogP contribution in [0.25, 0.3) is 5.69 Å². The van der Waals surface area contributed by atoms with Gasteiger partial charge in [-0.3, -0.25) is 4.79 Å². The van der Waals surface area contributed by atoms with Crippen LogP contribution >= 0.6 is 0 Å². The number of hydrogen-bond donors (Lipinski definition) is 1. The number of nitrogens with one attached hydrogen (secondary N) is 1. The van der Waals surface area contributed by atoms with Gasteiger partial charge in [-0.25, -0.2) is 9.67 Å². The summed E-state index contributed by atoms with van der Waals surface area (Å²) < 4.78 is 7.78. The van der Waals surface area contributed by atoms with Crippen molar-refractivity contribution in [1.82, 2.24) is 20.1 Å². The molecule has 0 saturated heterocycles. The van der Waals surface area contributed by atoms with Gasteiger partial charge in [0.1, 0.15) is 6.10 Å². The van der Waals surface area contributed by atoms with Crippen LogP contribution in [0.15, 0.2) is 54.9 Å². The number of rotatable bonds is 5. The first-order chi connectivity index (χ1) is 14.1. The van der Waals surface area contributed by atoms with Crippen molar-refractivity contribution in [2.45, 2.75) is 51.7 Å². The Morgan fingerprint density at radius 3 is 2.48 bits per heavy atom. The Balaban J connectivity index is 1.32. The second-order valence-corrected chi connectivity index (χ2v) is 7.63. The summed E-state index contributed by atoms with van der Waals surface area (Å²) >= 11 is 0. The van der Waals surface area contributed by atoms with E-state index in [-0.39, 0.29) is 18.1 Å². The van der Waals surface area contributed by atoms with Gasteiger partial charge >= 0.3 is 0 Å². The van der Waals surface area contributed by atoms with Crippen LogP contribution in [-0.4, -0.2) is 32.8 Å². The summed E-state index contributed by atoms with van der Waals surface area (Å²) in [5.41, 5.74) is 3.54. The van der Waals surface area contributed by atoms with Gasteiger partial charge in [0.05, 0.1) is 23.1 Å². The van der Waals surface area contributed by atoms with E-state index in [4.69, 9.17) is 4.74 Å². The molecule has 1 fully saturated rings. The number of aromatic nitrogens is 3. The maximum atomic E-state index is 12.8. The molecule has 0 bridgehead atoms. The molecular weight excluding hydrogens is 364 g/mol. The largest absolute Gasteiger partial charge is 0.474 e. The lowest BCUT2D eigenvalue weighted by molar-refractivity contribution is 0.0889. The van der Waals surface area contributed by atoms with Crippen molar-refractivity contribution in [3.05, 3.63) is 71.7 Å². The monoisotopic (exact) mass is 390 g/mol. The lowest BCUT2D eigenvalue weighted by Gasteiger charge is -2.29. The number of nitrogens with zero attached hydrogens (tertiary/aromatic N) is 3. The molecule has 0 aliphatic heterocycles. The van der Waals surface area contributed by atoms with E-state index in [1.807, 2.05) is 62.5 Å². The molecule has 1 aliphatic carbocycles. The topological polar surface area (TPSA) is 69.0 Å². The number of carbonyl (C=O) groups excluding carboxylic acids is 1. The second kappa shape index (κ2) is 8.47. The molecular formula is C23H26N4O2. The first-order valence-corrected chi connectivity index (χ1v) is 10.1. The number of benzene rings is 1. The van der Waals surface area contributed by atoms with Crippen LogP contribution in [0.5, 0.6) is 5.88 Å². The molecule has 1 aliphatic rings. The van der Waals surface area contributed by atoms with Crippen molar-refractivity contribution < 1.29 is 9.53 Å². The minimum atomic E-state index is -0.0609. The first-order valence-electron chi connectivity index (χ1n) is 10.1. The van der Waals surface area contributed by atoms with E-state index in [9.17, 15) is 4.79 Å². The van der Waals surface area contributed by atoms with Gasteiger partial charge in [0.25, 0.3) is 5.91 Å².